The molecule has 19 heavy (non-hydrogen) atoms. The maximum absolute atomic E-state index is 6.03. The number of nitrogens with one attached hydrogen (secondary N) is 1. The second-order valence-electron chi connectivity index (χ2n) is 5.25. The van der Waals surface area contributed by atoms with E-state index < -0.39 is 0 Å². The molecule has 4 nitrogen and oxygen atoms in total. The first kappa shape index (κ1) is 12.1. The fourth-order valence-corrected chi connectivity index (χ4v) is 2.59. The molecule has 0 aliphatic heterocycles. The van der Waals surface area contributed by atoms with Gasteiger partial charge in [-0.3, -0.25) is 5.10 Å². The number of aromatic amines is 1. The van der Waals surface area contributed by atoms with Crippen LogP contribution in [0.5, 0.6) is 5.75 Å². The Labute approximate surface area is 113 Å². The highest BCUT2D eigenvalue weighted by Crippen LogP contribution is 2.45. The van der Waals surface area contributed by atoms with E-state index in [1.54, 1.807) is 7.11 Å². The van der Waals surface area contributed by atoms with Gasteiger partial charge in [-0.2, -0.15) is 5.10 Å². The van der Waals surface area contributed by atoms with Crippen LogP contribution in [0.2, 0.25) is 0 Å². The second-order valence-corrected chi connectivity index (χ2v) is 5.25. The van der Waals surface area contributed by atoms with Crippen molar-refractivity contribution in [1.29, 1.82) is 0 Å². The smallest absolute Gasteiger partial charge is 0.153 e. The minimum Gasteiger partial charge on any atom is -0.497 e. The van der Waals surface area contributed by atoms with Crippen molar-refractivity contribution in [2.24, 2.45) is 5.92 Å². The molecule has 1 heterocycles. The first-order chi connectivity index (χ1) is 9.20. The van der Waals surface area contributed by atoms with Crippen LogP contribution in [0.4, 0.5) is 5.82 Å². The number of aromatic nitrogens is 2. The summed E-state index contributed by atoms with van der Waals surface area (Å²) in [4.78, 5) is 0. The van der Waals surface area contributed by atoms with E-state index in [0.717, 1.165) is 28.5 Å². The Morgan fingerprint density at radius 3 is 2.58 bits per heavy atom. The molecule has 100 valence electrons. The molecule has 3 N–H and O–H groups in total. The number of nitrogens with two attached hydrogens (primary N) is 1. The van der Waals surface area contributed by atoms with Crippen molar-refractivity contribution in [3.05, 3.63) is 30.0 Å². The number of hydrogen-bond donors (Lipinski definition) is 2. The number of nitrogens with zero attached hydrogens (tertiary/aromatic N) is 1. The molecule has 0 radical (unpaired) electrons. The first-order valence-electron chi connectivity index (χ1n) is 6.69. The predicted octanol–water partition coefficient (Wildman–Crippen LogP) is 3.18. The number of H-pyrrole nitrogens is 1. The van der Waals surface area contributed by atoms with Gasteiger partial charge in [-0.05, 0) is 36.5 Å². The molecule has 1 atom stereocenters. The van der Waals surface area contributed by atoms with E-state index >= 15 is 0 Å². The van der Waals surface area contributed by atoms with Gasteiger partial charge in [0.1, 0.15) is 5.75 Å². The zero-order valence-corrected chi connectivity index (χ0v) is 11.3. The largest absolute Gasteiger partial charge is 0.497 e. The molecule has 1 fully saturated rings. The molecule has 0 saturated heterocycles. The summed E-state index contributed by atoms with van der Waals surface area (Å²) in [7, 11) is 1.67. The van der Waals surface area contributed by atoms with Crippen LogP contribution in [0.3, 0.4) is 0 Å². The van der Waals surface area contributed by atoms with E-state index in [1.807, 2.05) is 24.3 Å². The SMILES string of the molecule is COc1ccc(-c2c(N)n[nH]c2C(C)C2CC2)cc1. The third-order valence-corrected chi connectivity index (χ3v) is 3.99. The van der Waals surface area contributed by atoms with Gasteiger partial charge in [-0.25, -0.2) is 0 Å². The van der Waals surface area contributed by atoms with E-state index in [4.69, 9.17) is 10.5 Å². The Hall–Kier alpha value is -1.97. The Bertz CT molecular complexity index is 570. The van der Waals surface area contributed by atoms with Crippen LogP contribution in [0.1, 0.15) is 31.4 Å². The molecule has 1 aliphatic rings. The fourth-order valence-electron chi connectivity index (χ4n) is 2.59. The normalized spacial score (nSPS) is 16.3. The summed E-state index contributed by atoms with van der Waals surface area (Å²) >= 11 is 0. The number of nitrogen functional groups attached to an aromatic ring is 1. The van der Waals surface area contributed by atoms with Crippen LogP contribution in [0.15, 0.2) is 24.3 Å². The molecule has 0 amide bonds. The van der Waals surface area contributed by atoms with E-state index in [0.29, 0.717) is 11.7 Å². The average Bonchev–Trinajstić information content (AvgIpc) is 3.21. The van der Waals surface area contributed by atoms with Gasteiger partial charge in [0.2, 0.25) is 0 Å². The molecular weight excluding hydrogens is 238 g/mol. The molecule has 4 heteroatoms. The fraction of sp³-hybridized carbons (Fsp3) is 0.400. The summed E-state index contributed by atoms with van der Waals surface area (Å²) in [6.07, 6.45) is 2.62. The highest BCUT2D eigenvalue weighted by Gasteiger charge is 2.32. The molecule has 1 aromatic carbocycles. The standard InChI is InChI=1S/C15H19N3O/c1-9(10-3-4-10)14-13(15(16)18-17-14)11-5-7-12(19-2)8-6-11/h5-10H,3-4H2,1-2H3,(H3,16,17,18). The zero-order chi connectivity index (χ0) is 13.4. The Morgan fingerprint density at radius 1 is 1.32 bits per heavy atom. The van der Waals surface area contributed by atoms with Crippen LogP contribution in [-0.2, 0) is 0 Å². The van der Waals surface area contributed by atoms with Crippen molar-refractivity contribution in [3.8, 4) is 16.9 Å². The summed E-state index contributed by atoms with van der Waals surface area (Å²) in [5, 5.41) is 7.30. The zero-order valence-electron chi connectivity index (χ0n) is 11.3. The first-order valence-corrected chi connectivity index (χ1v) is 6.69. The van der Waals surface area contributed by atoms with E-state index in [1.165, 1.54) is 12.8 Å². The van der Waals surface area contributed by atoms with Gasteiger partial charge in [0, 0.05) is 17.2 Å². The molecule has 1 aliphatic carbocycles. The molecule has 3 rings (SSSR count). The third kappa shape index (κ3) is 2.18. The van der Waals surface area contributed by atoms with Crippen molar-refractivity contribution in [3.63, 3.8) is 0 Å². The molecule has 1 saturated carbocycles. The van der Waals surface area contributed by atoms with Crippen molar-refractivity contribution in [1.82, 2.24) is 10.2 Å². The van der Waals surface area contributed by atoms with Gasteiger partial charge in [0.15, 0.2) is 5.82 Å². The van der Waals surface area contributed by atoms with Gasteiger partial charge in [-0.15, -0.1) is 0 Å². The number of anilines is 1. The van der Waals surface area contributed by atoms with Gasteiger partial charge in [0.25, 0.3) is 0 Å². The maximum Gasteiger partial charge on any atom is 0.153 e. The topological polar surface area (TPSA) is 63.9 Å². The quantitative estimate of drug-likeness (QED) is 0.884. The van der Waals surface area contributed by atoms with Crippen LogP contribution in [-0.4, -0.2) is 17.3 Å². The lowest BCUT2D eigenvalue weighted by Crippen LogP contribution is -1.99. The number of rotatable bonds is 4. The molecule has 0 spiro atoms. The molecule has 2 aromatic rings. The maximum atomic E-state index is 6.03. The molecule has 1 aromatic heterocycles. The van der Waals surface area contributed by atoms with E-state index in [2.05, 4.69) is 17.1 Å². The van der Waals surface area contributed by atoms with E-state index in [-0.39, 0.29) is 0 Å². The number of methoxy groups -OCH3 is 1. The average molecular weight is 257 g/mol. The van der Waals surface area contributed by atoms with Gasteiger partial charge in [0.05, 0.1) is 7.11 Å². The van der Waals surface area contributed by atoms with Crippen molar-refractivity contribution in [2.75, 3.05) is 12.8 Å². The van der Waals surface area contributed by atoms with Crippen LogP contribution >= 0.6 is 0 Å². The van der Waals surface area contributed by atoms with Gasteiger partial charge >= 0.3 is 0 Å². The highest BCUT2D eigenvalue weighted by molar-refractivity contribution is 5.77. The Kier molecular flexibility index (Phi) is 2.93. The lowest BCUT2D eigenvalue weighted by molar-refractivity contribution is 0.415. The summed E-state index contributed by atoms with van der Waals surface area (Å²) in [5.41, 5.74) is 9.32. The lowest BCUT2D eigenvalue weighted by atomic mass is 9.94. The Balaban J connectivity index is 2.00. The predicted molar refractivity (Wildman–Crippen MR) is 76.1 cm³/mol. The molecular formula is C15H19N3O. The minimum absolute atomic E-state index is 0.488. The van der Waals surface area contributed by atoms with Crippen molar-refractivity contribution < 1.29 is 4.74 Å². The van der Waals surface area contributed by atoms with Crippen molar-refractivity contribution >= 4 is 5.82 Å². The van der Waals surface area contributed by atoms with Gasteiger partial charge in [-0.1, -0.05) is 19.1 Å². The number of hydrogen-bond acceptors (Lipinski definition) is 3. The summed E-state index contributed by atoms with van der Waals surface area (Å²) in [6.45, 7) is 2.25. The van der Waals surface area contributed by atoms with Gasteiger partial charge < -0.3 is 10.5 Å². The minimum atomic E-state index is 0.488. The number of ether oxygens (including phenoxy) is 1. The summed E-state index contributed by atoms with van der Waals surface area (Å²) < 4.78 is 5.19. The lowest BCUT2D eigenvalue weighted by Gasteiger charge is -2.11. The van der Waals surface area contributed by atoms with Crippen LogP contribution in [0, 0.1) is 5.92 Å². The van der Waals surface area contributed by atoms with Crippen LogP contribution in [0.25, 0.3) is 11.1 Å². The highest BCUT2D eigenvalue weighted by atomic mass is 16.5. The third-order valence-electron chi connectivity index (χ3n) is 3.99. The monoisotopic (exact) mass is 257 g/mol. The van der Waals surface area contributed by atoms with Crippen molar-refractivity contribution in [2.45, 2.75) is 25.7 Å². The summed E-state index contributed by atoms with van der Waals surface area (Å²) in [6, 6.07) is 7.97. The van der Waals surface area contributed by atoms with E-state index in [9.17, 15) is 0 Å². The number of benzene rings is 1. The second kappa shape index (κ2) is 4.61. The van der Waals surface area contributed by atoms with Crippen LogP contribution < -0.4 is 10.5 Å². The molecule has 1 unspecified atom stereocenters. The Morgan fingerprint density at radius 2 is 2.00 bits per heavy atom. The summed E-state index contributed by atoms with van der Waals surface area (Å²) in [5.74, 6) is 2.69. The molecule has 0 bridgehead atoms.